The Balaban J connectivity index is 1.88. The van der Waals surface area contributed by atoms with Gasteiger partial charge in [0, 0.05) is 23.1 Å². The molecule has 0 unspecified atom stereocenters. The van der Waals surface area contributed by atoms with Crippen molar-refractivity contribution in [2.45, 2.75) is 45.4 Å². The Morgan fingerprint density at radius 1 is 1.35 bits per heavy atom. The molecule has 124 valence electrons. The van der Waals surface area contributed by atoms with Crippen LogP contribution in [-0.4, -0.2) is 39.0 Å². The fourth-order valence-electron chi connectivity index (χ4n) is 3.08. The molecule has 5 nitrogen and oxygen atoms in total. The summed E-state index contributed by atoms with van der Waals surface area (Å²) in [7, 11) is 0. The molecule has 0 spiro atoms. The first-order chi connectivity index (χ1) is 10.6. The Morgan fingerprint density at radius 3 is 2.65 bits per heavy atom. The van der Waals surface area contributed by atoms with Crippen LogP contribution in [0.25, 0.3) is 10.9 Å². The first kappa shape index (κ1) is 15.8. The largest absolute Gasteiger partial charge is 0.438 e. The van der Waals surface area contributed by atoms with Crippen molar-refractivity contribution in [3.8, 4) is 0 Å². The Bertz CT molecular complexity index is 779. The quantitative estimate of drug-likeness (QED) is 0.913. The van der Waals surface area contributed by atoms with Gasteiger partial charge in [0.2, 0.25) is 0 Å². The van der Waals surface area contributed by atoms with E-state index in [-0.39, 0.29) is 5.82 Å². The number of nitrogens with zero attached hydrogens (tertiary/aromatic N) is 1. The number of benzene rings is 1. The van der Waals surface area contributed by atoms with Crippen LogP contribution in [0.3, 0.4) is 0 Å². The molecule has 1 aromatic carbocycles. The van der Waals surface area contributed by atoms with Gasteiger partial charge < -0.3 is 14.8 Å². The highest BCUT2D eigenvalue weighted by molar-refractivity contribution is 5.84. The molecule has 0 aliphatic carbocycles. The fraction of sp³-hybridized carbons (Fsp3) is 0.471. The second-order valence-corrected chi connectivity index (χ2v) is 6.72. The molecular weight excluding hydrogens is 299 g/mol. The minimum atomic E-state index is -1.39. The molecule has 3 rings (SSSR count). The van der Waals surface area contributed by atoms with Gasteiger partial charge >= 0.3 is 6.09 Å². The van der Waals surface area contributed by atoms with Gasteiger partial charge in [0.1, 0.15) is 5.82 Å². The van der Waals surface area contributed by atoms with E-state index in [4.69, 9.17) is 4.74 Å². The number of aryl methyl sites for hydroxylation is 1. The Morgan fingerprint density at radius 2 is 2.04 bits per heavy atom. The lowest BCUT2D eigenvalue weighted by Crippen LogP contribution is -2.54. The van der Waals surface area contributed by atoms with Crippen molar-refractivity contribution >= 4 is 17.0 Å². The average molecular weight is 320 g/mol. The zero-order valence-electron chi connectivity index (χ0n) is 13.7. The van der Waals surface area contributed by atoms with Crippen molar-refractivity contribution < 1.29 is 19.0 Å². The number of ether oxygens (including phenoxy) is 1. The molecule has 1 aliphatic rings. The number of H-pyrrole nitrogens is 1. The number of rotatable bonds is 3. The van der Waals surface area contributed by atoms with Gasteiger partial charge in [-0.1, -0.05) is 0 Å². The van der Waals surface area contributed by atoms with Crippen LogP contribution in [0.15, 0.2) is 18.2 Å². The summed E-state index contributed by atoms with van der Waals surface area (Å²) in [6.07, 6.45) is -0.0416. The molecule has 2 heterocycles. The van der Waals surface area contributed by atoms with Gasteiger partial charge in [-0.15, -0.1) is 0 Å². The standard InChI is InChI=1S/C17H21FN2O3/c1-10-12(13-9-11(18)5-6-14(13)19-10)7-8-20-15(21)23-16(2,3)17(20,4)22/h5-6,9,19,22H,7-8H2,1-4H3/t17-/m1/s1. The zero-order valence-corrected chi connectivity index (χ0v) is 13.7. The maximum absolute atomic E-state index is 13.5. The van der Waals surface area contributed by atoms with Crippen molar-refractivity contribution in [1.29, 1.82) is 0 Å². The number of hydrogen-bond acceptors (Lipinski definition) is 3. The van der Waals surface area contributed by atoms with Crippen LogP contribution in [0.2, 0.25) is 0 Å². The Kier molecular flexibility index (Phi) is 3.41. The van der Waals surface area contributed by atoms with Gasteiger partial charge in [0.05, 0.1) is 0 Å². The summed E-state index contributed by atoms with van der Waals surface area (Å²) in [5, 5.41) is 11.4. The number of amides is 1. The van der Waals surface area contributed by atoms with E-state index in [1.54, 1.807) is 26.8 Å². The van der Waals surface area contributed by atoms with Crippen LogP contribution < -0.4 is 0 Å². The Hall–Kier alpha value is -2.08. The molecule has 0 bridgehead atoms. The van der Waals surface area contributed by atoms with E-state index < -0.39 is 17.4 Å². The molecule has 1 saturated heterocycles. The van der Waals surface area contributed by atoms with E-state index in [0.29, 0.717) is 13.0 Å². The Labute approximate surface area is 134 Å². The number of aliphatic hydroxyl groups is 1. The summed E-state index contributed by atoms with van der Waals surface area (Å²) >= 11 is 0. The van der Waals surface area contributed by atoms with Gasteiger partial charge in [-0.05, 0) is 57.9 Å². The highest BCUT2D eigenvalue weighted by atomic mass is 19.1. The molecule has 2 aromatic rings. The average Bonchev–Trinajstić information content (AvgIpc) is 2.80. The van der Waals surface area contributed by atoms with Crippen LogP contribution >= 0.6 is 0 Å². The number of aromatic nitrogens is 1. The maximum atomic E-state index is 13.5. The van der Waals surface area contributed by atoms with E-state index in [1.165, 1.54) is 17.0 Å². The van der Waals surface area contributed by atoms with Crippen molar-refractivity contribution in [3.63, 3.8) is 0 Å². The van der Waals surface area contributed by atoms with E-state index >= 15 is 0 Å². The molecular formula is C17H21FN2O3. The molecule has 1 amide bonds. The maximum Gasteiger partial charge on any atom is 0.412 e. The minimum absolute atomic E-state index is 0.291. The lowest BCUT2D eigenvalue weighted by Gasteiger charge is -2.34. The number of hydrogen-bond donors (Lipinski definition) is 2. The number of halogens is 1. The summed E-state index contributed by atoms with van der Waals surface area (Å²) in [6.45, 7) is 7.13. The molecule has 1 aliphatic heterocycles. The third-order valence-electron chi connectivity index (χ3n) is 4.90. The van der Waals surface area contributed by atoms with Crippen molar-refractivity contribution in [3.05, 3.63) is 35.3 Å². The topological polar surface area (TPSA) is 65.6 Å². The summed E-state index contributed by atoms with van der Waals surface area (Å²) in [4.78, 5) is 16.6. The molecule has 0 saturated carbocycles. The molecule has 1 fully saturated rings. The number of fused-ring (bicyclic) bond motifs is 1. The van der Waals surface area contributed by atoms with E-state index in [9.17, 15) is 14.3 Å². The summed E-state index contributed by atoms with van der Waals surface area (Å²) in [6, 6.07) is 4.59. The lowest BCUT2D eigenvalue weighted by atomic mass is 9.95. The highest BCUT2D eigenvalue weighted by Gasteiger charge is 2.56. The van der Waals surface area contributed by atoms with E-state index in [0.717, 1.165) is 22.2 Å². The van der Waals surface area contributed by atoms with Gasteiger partial charge in [0.25, 0.3) is 0 Å². The molecule has 0 radical (unpaired) electrons. The SMILES string of the molecule is Cc1[nH]c2ccc(F)cc2c1CCN1C(=O)OC(C)(C)[C@@]1(C)O. The number of aromatic amines is 1. The molecule has 2 N–H and O–H groups in total. The normalized spacial score (nSPS) is 23.6. The first-order valence-electron chi connectivity index (χ1n) is 7.63. The summed E-state index contributed by atoms with van der Waals surface area (Å²) in [5.41, 5.74) is 0.348. The first-order valence-corrected chi connectivity index (χ1v) is 7.63. The minimum Gasteiger partial charge on any atom is -0.438 e. The van der Waals surface area contributed by atoms with Crippen LogP contribution in [0.4, 0.5) is 9.18 Å². The van der Waals surface area contributed by atoms with E-state index in [1.807, 2.05) is 6.92 Å². The smallest absolute Gasteiger partial charge is 0.412 e. The third kappa shape index (κ3) is 2.37. The van der Waals surface area contributed by atoms with Crippen molar-refractivity contribution in [2.75, 3.05) is 6.54 Å². The number of carbonyl (C=O) groups is 1. The van der Waals surface area contributed by atoms with Crippen LogP contribution in [0.1, 0.15) is 32.0 Å². The molecule has 1 atom stereocenters. The third-order valence-corrected chi connectivity index (χ3v) is 4.90. The van der Waals surface area contributed by atoms with Crippen LogP contribution in [-0.2, 0) is 11.2 Å². The second kappa shape index (κ2) is 4.96. The van der Waals surface area contributed by atoms with Gasteiger partial charge in [-0.2, -0.15) is 0 Å². The summed E-state index contributed by atoms with van der Waals surface area (Å²) in [5.74, 6) is -0.300. The molecule has 23 heavy (non-hydrogen) atoms. The summed E-state index contributed by atoms with van der Waals surface area (Å²) < 4.78 is 18.8. The van der Waals surface area contributed by atoms with Crippen molar-refractivity contribution in [2.24, 2.45) is 0 Å². The predicted molar refractivity (Wildman–Crippen MR) is 84.6 cm³/mol. The second-order valence-electron chi connectivity index (χ2n) is 6.72. The molecule has 6 heteroatoms. The number of nitrogens with one attached hydrogen (secondary N) is 1. The highest BCUT2D eigenvalue weighted by Crippen LogP contribution is 2.37. The monoisotopic (exact) mass is 320 g/mol. The van der Waals surface area contributed by atoms with Gasteiger partial charge in [0.15, 0.2) is 11.3 Å². The fourth-order valence-corrected chi connectivity index (χ4v) is 3.08. The predicted octanol–water partition coefficient (Wildman–Crippen LogP) is 3.10. The number of cyclic esters (lactones) is 1. The van der Waals surface area contributed by atoms with Crippen molar-refractivity contribution in [1.82, 2.24) is 9.88 Å². The van der Waals surface area contributed by atoms with Crippen LogP contribution in [0.5, 0.6) is 0 Å². The van der Waals surface area contributed by atoms with E-state index in [2.05, 4.69) is 4.98 Å². The lowest BCUT2D eigenvalue weighted by molar-refractivity contribution is -0.126. The molecule has 1 aromatic heterocycles. The van der Waals surface area contributed by atoms with Gasteiger partial charge in [-0.25, -0.2) is 9.18 Å². The number of carbonyl (C=O) groups excluding carboxylic acids is 1. The zero-order chi connectivity index (χ0) is 17.0. The van der Waals surface area contributed by atoms with Crippen LogP contribution in [0, 0.1) is 12.7 Å². The van der Waals surface area contributed by atoms with Gasteiger partial charge in [-0.3, -0.25) is 4.90 Å².